The van der Waals surface area contributed by atoms with Gasteiger partial charge in [-0.25, -0.2) is 5.84 Å². The Kier molecular flexibility index (Phi) is 2.37. The lowest BCUT2D eigenvalue weighted by molar-refractivity contribution is -0.136. The van der Waals surface area contributed by atoms with Crippen molar-refractivity contribution in [1.82, 2.24) is 16.3 Å². The SMILES string of the molecule is NNC(=O)C1=N[C@@H]2C(=O)NNC(=O)[C@@H]2N=C1. The van der Waals surface area contributed by atoms with Gasteiger partial charge in [-0.1, -0.05) is 0 Å². The molecule has 0 aromatic heterocycles. The van der Waals surface area contributed by atoms with E-state index in [1.807, 2.05) is 5.43 Å². The molecule has 0 aromatic rings. The Hall–Kier alpha value is -2.29. The van der Waals surface area contributed by atoms with E-state index in [1.165, 1.54) is 0 Å². The number of hydrogen-bond acceptors (Lipinski definition) is 6. The highest BCUT2D eigenvalue weighted by molar-refractivity contribution is 6.61. The standard InChI is InChI=1S/C7H8N6O3/c8-11-5(14)2-1-9-3-4(10-2)7(16)13-12-6(3)15/h1,3-4H,8H2,(H,11,14)(H,12,15)(H,13,16)/t3-,4+/m1/s1. The van der Waals surface area contributed by atoms with Crippen LogP contribution in [0.5, 0.6) is 0 Å². The Labute approximate surface area is 89.1 Å². The summed E-state index contributed by atoms with van der Waals surface area (Å²) in [6.07, 6.45) is 1.11. The molecule has 16 heavy (non-hydrogen) atoms. The van der Waals surface area contributed by atoms with E-state index in [4.69, 9.17) is 5.84 Å². The van der Waals surface area contributed by atoms with Crippen LogP contribution in [0.4, 0.5) is 0 Å². The van der Waals surface area contributed by atoms with Crippen molar-refractivity contribution in [3.63, 3.8) is 0 Å². The third kappa shape index (κ3) is 1.52. The molecule has 0 bridgehead atoms. The number of hydrogen-bond donors (Lipinski definition) is 4. The summed E-state index contributed by atoms with van der Waals surface area (Å²) in [7, 11) is 0. The van der Waals surface area contributed by atoms with Crippen LogP contribution in [-0.2, 0) is 14.4 Å². The first-order chi connectivity index (χ1) is 7.63. The van der Waals surface area contributed by atoms with Crippen LogP contribution in [0.1, 0.15) is 0 Å². The molecule has 1 fully saturated rings. The monoisotopic (exact) mass is 224 g/mol. The zero-order chi connectivity index (χ0) is 11.7. The van der Waals surface area contributed by atoms with E-state index in [0.717, 1.165) is 6.21 Å². The lowest BCUT2D eigenvalue weighted by Gasteiger charge is -2.27. The molecule has 84 valence electrons. The molecular formula is C7H8N6O3. The van der Waals surface area contributed by atoms with Gasteiger partial charge in [0.1, 0.15) is 5.71 Å². The second-order valence-corrected chi connectivity index (χ2v) is 3.13. The largest absolute Gasteiger partial charge is 0.289 e. The number of aliphatic imine (C=N–C) groups is 2. The summed E-state index contributed by atoms with van der Waals surface area (Å²) in [6.45, 7) is 0. The average molecular weight is 224 g/mol. The zero-order valence-corrected chi connectivity index (χ0v) is 7.93. The minimum Gasteiger partial charge on any atom is -0.289 e. The lowest BCUT2D eigenvalue weighted by atomic mass is 10.0. The summed E-state index contributed by atoms with van der Waals surface area (Å²) < 4.78 is 0. The van der Waals surface area contributed by atoms with Gasteiger partial charge in [0.05, 0.1) is 6.21 Å². The predicted octanol–water partition coefficient (Wildman–Crippen LogP) is -3.60. The Bertz CT molecular complexity index is 428. The topological polar surface area (TPSA) is 138 Å². The van der Waals surface area contributed by atoms with Crippen molar-refractivity contribution in [2.75, 3.05) is 0 Å². The van der Waals surface area contributed by atoms with E-state index in [9.17, 15) is 14.4 Å². The molecule has 2 rings (SSSR count). The molecule has 1 saturated heterocycles. The van der Waals surface area contributed by atoms with Gasteiger partial charge in [-0.2, -0.15) is 0 Å². The lowest BCUT2D eigenvalue weighted by Crippen LogP contribution is -2.62. The van der Waals surface area contributed by atoms with Gasteiger partial charge in [-0.15, -0.1) is 0 Å². The third-order valence-electron chi connectivity index (χ3n) is 2.14. The number of fused-ring (bicyclic) bond motifs is 1. The van der Waals surface area contributed by atoms with Gasteiger partial charge in [0.25, 0.3) is 17.7 Å². The van der Waals surface area contributed by atoms with Crippen LogP contribution in [0.3, 0.4) is 0 Å². The smallest absolute Gasteiger partial charge is 0.284 e. The highest BCUT2D eigenvalue weighted by atomic mass is 16.2. The predicted molar refractivity (Wildman–Crippen MR) is 52.1 cm³/mol. The van der Waals surface area contributed by atoms with Crippen molar-refractivity contribution >= 4 is 29.6 Å². The number of nitrogens with one attached hydrogen (secondary N) is 3. The molecule has 0 aliphatic carbocycles. The van der Waals surface area contributed by atoms with Crippen molar-refractivity contribution in [1.29, 1.82) is 0 Å². The van der Waals surface area contributed by atoms with Crippen molar-refractivity contribution < 1.29 is 14.4 Å². The summed E-state index contributed by atoms with van der Waals surface area (Å²) in [5, 5.41) is 0. The second kappa shape index (κ2) is 3.70. The fourth-order valence-electron chi connectivity index (χ4n) is 1.36. The number of nitrogens with zero attached hydrogens (tertiary/aromatic N) is 2. The Morgan fingerprint density at radius 1 is 1.31 bits per heavy atom. The number of rotatable bonds is 1. The van der Waals surface area contributed by atoms with E-state index >= 15 is 0 Å². The summed E-state index contributed by atoms with van der Waals surface area (Å²) in [6, 6.07) is -1.95. The van der Waals surface area contributed by atoms with E-state index in [-0.39, 0.29) is 5.71 Å². The highest BCUT2D eigenvalue weighted by Crippen LogP contribution is 2.11. The highest BCUT2D eigenvalue weighted by Gasteiger charge is 2.40. The van der Waals surface area contributed by atoms with Crippen LogP contribution in [0.2, 0.25) is 0 Å². The van der Waals surface area contributed by atoms with Crippen molar-refractivity contribution in [2.45, 2.75) is 12.1 Å². The molecule has 9 nitrogen and oxygen atoms in total. The van der Waals surface area contributed by atoms with Gasteiger partial charge in [0.2, 0.25) is 0 Å². The van der Waals surface area contributed by atoms with Gasteiger partial charge in [0, 0.05) is 0 Å². The van der Waals surface area contributed by atoms with Gasteiger partial charge in [-0.3, -0.25) is 40.6 Å². The first-order valence-corrected chi connectivity index (χ1v) is 4.35. The average Bonchev–Trinajstić information content (AvgIpc) is 2.32. The maximum Gasteiger partial charge on any atom is 0.284 e. The molecule has 2 heterocycles. The van der Waals surface area contributed by atoms with E-state index < -0.39 is 29.8 Å². The maximum absolute atomic E-state index is 11.4. The van der Waals surface area contributed by atoms with E-state index in [2.05, 4.69) is 20.8 Å². The van der Waals surface area contributed by atoms with E-state index in [1.54, 1.807) is 0 Å². The fourth-order valence-corrected chi connectivity index (χ4v) is 1.36. The van der Waals surface area contributed by atoms with Gasteiger partial charge in [0.15, 0.2) is 12.1 Å². The molecule has 0 spiro atoms. The summed E-state index contributed by atoms with van der Waals surface area (Å²) in [5.74, 6) is 3.25. The molecule has 9 heteroatoms. The Morgan fingerprint density at radius 3 is 2.56 bits per heavy atom. The van der Waals surface area contributed by atoms with Crippen LogP contribution in [0, 0.1) is 0 Å². The molecular weight excluding hydrogens is 216 g/mol. The molecule has 3 amide bonds. The van der Waals surface area contributed by atoms with Crippen LogP contribution in [0.15, 0.2) is 9.98 Å². The summed E-state index contributed by atoms with van der Waals surface area (Å²) in [4.78, 5) is 41.4. The molecule has 0 aromatic carbocycles. The maximum atomic E-state index is 11.4. The van der Waals surface area contributed by atoms with E-state index in [0.29, 0.717) is 0 Å². The summed E-state index contributed by atoms with van der Waals surface area (Å²) >= 11 is 0. The summed E-state index contributed by atoms with van der Waals surface area (Å²) in [5.41, 5.74) is 6.04. The number of hydrazine groups is 2. The molecule has 0 unspecified atom stereocenters. The first-order valence-electron chi connectivity index (χ1n) is 4.35. The van der Waals surface area contributed by atoms with Crippen molar-refractivity contribution in [3.8, 4) is 0 Å². The van der Waals surface area contributed by atoms with Gasteiger partial charge in [-0.05, 0) is 0 Å². The van der Waals surface area contributed by atoms with Crippen LogP contribution in [0.25, 0.3) is 0 Å². The molecule has 0 saturated carbocycles. The normalized spacial score (nSPS) is 27.4. The fraction of sp³-hybridized carbons (Fsp3) is 0.286. The van der Waals surface area contributed by atoms with Gasteiger partial charge < -0.3 is 0 Å². The van der Waals surface area contributed by atoms with Crippen LogP contribution >= 0.6 is 0 Å². The second-order valence-electron chi connectivity index (χ2n) is 3.13. The Morgan fingerprint density at radius 2 is 1.94 bits per heavy atom. The van der Waals surface area contributed by atoms with Gasteiger partial charge >= 0.3 is 0 Å². The minimum atomic E-state index is -1.02. The van der Waals surface area contributed by atoms with Crippen LogP contribution < -0.4 is 22.1 Å². The van der Waals surface area contributed by atoms with Crippen molar-refractivity contribution in [2.24, 2.45) is 15.8 Å². The quantitative estimate of drug-likeness (QED) is 0.207. The number of nitrogens with two attached hydrogens (primary N) is 1. The first kappa shape index (κ1) is 10.2. The molecule has 2 atom stereocenters. The molecule has 5 N–H and O–H groups in total. The molecule has 2 aliphatic heterocycles. The Balaban J connectivity index is 2.29. The molecule has 2 aliphatic rings. The molecule has 0 radical (unpaired) electrons. The number of amides is 3. The third-order valence-corrected chi connectivity index (χ3v) is 2.14. The van der Waals surface area contributed by atoms with Crippen LogP contribution in [-0.4, -0.2) is 41.7 Å². The minimum absolute atomic E-state index is 0.0893. The zero-order valence-electron chi connectivity index (χ0n) is 7.93. The van der Waals surface area contributed by atoms with Crippen molar-refractivity contribution in [3.05, 3.63) is 0 Å². The number of carbonyl (C=O) groups excluding carboxylic acids is 3. The number of carbonyl (C=O) groups is 3.